The molecule has 18 heavy (non-hydrogen) atoms. The summed E-state index contributed by atoms with van der Waals surface area (Å²) in [5, 5.41) is 14.1. The van der Waals surface area contributed by atoms with E-state index >= 15 is 0 Å². The standard InChI is InChI=1S/C13H20N2O3/c1-3-8-14-9-5-10-18-13-11(2)6-4-7-12(13)15(16)17/h4,6-7,14H,3,5,8-10H2,1-2H3. The number of nitro groups is 1. The molecule has 100 valence electrons. The molecule has 0 aliphatic rings. The maximum absolute atomic E-state index is 10.9. The highest BCUT2D eigenvalue weighted by Crippen LogP contribution is 2.30. The number of benzene rings is 1. The van der Waals surface area contributed by atoms with Gasteiger partial charge in [-0.2, -0.15) is 0 Å². The van der Waals surface area contributed by atoms with E-state index in [1.807, 2.05) is 13.0 Å². The molecule has 0 saturated carbocycles. The average Bonchev–Trinajstić information content (AvgIpc) is 2.34. The summed E-state index contributed by atoms with van der Waals surface area (Å²) in [4.78, 5) is 10.5. The molecule has 0 radical (unpaired) electrons. The zero-order chi connectivity index (χ0) is 13.4. The van der Waals surface area contributed by atoms with E-state index in [9.17, 15) is 10.1 Å². The highest BCUT2D eigenvalue weighted by atomic mass is 16.6. The topological polar surface area (TPSA) is 64.4 Å². The summed E-state index contributed by atoms with van der Waals surface area (Å²) in [6, 6.07) is 4.96. The number of para-hydroxylation sites is 1. The molecule has 1 aromatic rings. The minimum atomic E-state index is -0.405. The predicted molar refractivity (Wildman–Crippen MR) is 71.1 cm³/mol. The van der Waals surface area contributed by atoms with Gasteiger partial charge >= 0.3 is 5.69 Å². The van der Waals surface area contributed by atoms with Crippen molar-refractivity contribution in [3.05, 3.63) is 33.9 Å². The van der Waals surface area contributed by atoms with Crippen LogP contribution in [0.3, 0.4) is 0 Å². The van der Waals surface area contributed by atoms with Crippen molar-refractivity contribution >= 4 is 5.69 Å². The number of nitrogens with zero attached hydrogens (tertiary/aromatic N) is 1. The molecule has 5 heteroatoms. The van der Waals surface area contributed by atoms with E-state index < -0.39 is 4.92 Å². The monoisotopic (exact) mass is 252 g/mol. The van der Waals surface area contributed by atoms with Crippen molar-refractivity contribution in [1.82, 2.24) is 5.32 Å². The second kappa shape index (κ2) is 7.66. The van der Waals surface area contributed by atoms with E-state index in [2.05, 4.69) is 12.2 Å². The van der Waals surface area contributed by atoms with Crippen LogP contribution < -0.4 is 10.1 Å². The molecule has 0 aliphatic carbocycles. The lowest BCUT2D eigenvalue weighted by atomic mass is 10.2. The van der Waals surface area contributed by atoms with Crippen LogP contribution >= 0.6 is 0 Å². The van der Waals surface area contributed by atoms with Gasteiger partial charge in [0, 0.05) is 6.07 Å². The summed E-state index contributed by atoms with van der Waals surface area (Å²) in [5.41, 5.74) is 0.835. The predicted octanol–water partition coefficient (Wildman–Crippen LogP) is 2.67. The number of rotatable bonds is 8. The zero-order valence-electron chi connectivity index (χ0n) is 10.9. The molecular weight excluding hydrogens is 232 g/mol. The Morgan fingerprint density at radius 3 is 2.83 bits per heavy atom. The first kappa shape index (κ1) is 14.4. The molecule has 0 bridgehead atoms. The summed E-state index contributed by atoms with van der Waals surface area (Å²) < 4.78 is 5.53. The van der Waals surface area contributed by atoms with Crippen molar-refractivity contribution < 1.29 is 9.66 Å². The third kappa shape index (κ3) is 4.33. The van der Waals surface area contributed by atoms with Crippen molar-refractivity contribution in [2.75, 3.05) is 19.7 Å². The number of ether oxygens (including phenoxy) is 1. The normalized spacial score (nSPS) is 10.3. The molecular formula is C13H20N2O3. The van der Waals surface area contributed by atoms with E-state index in [0.717, 1.165) is 31.5 Å². The van der Waals surface area contributed by atoms with Crippen molar-refractivity contribution in [2.45, 2.75) is 26.7 Å². The van der Waals surface area contributed by atoms with Crippen LogP contribution in [0.4, 0.5) is 5.69 Å². The minimum absolute atomic E-state index is 0.0384. The number of hydrogen-bond acceptors (Lipinski definition) is 4. The summed E-state index contributed by atoms with van der Waals surface area (Å²) in [6.07, 6.45) is 1.94. The van der Waals surface area contributed by atoms with Crippen molar-refractivity contribution in [1.29, 1.82) is 0 Å². The molecule has 0 atom stereocenters. The fraction of sp³-hybridized carbons (Fsp3) is 0.538. The lowest BCUT2D eigenvalue weighted by Gasteiger charge is -2.09. The quantitative estimate of drug-likeness (QED) is 0.439. The number of nitro benzene ring substituents is 1. The molecule has 0 unspecified atom stereocenters. The van der Waals surface area contributed by atoms with Gasteiger partial charge in [0.05, 0.1) is 11.5 Å². The Hall–Kier alpha value is -1.62. The summed E-state index contributed by atoms with van der Waals surface area (Å²) in [7, 11) is 0. The third-order valence-electron chi connectivity index (χ3n) is 2.56. The van der Waals surface area contributed by atoms with E-state index in [0.29, 0.717) is 12.4 Å². The molecule has 0 amide bonds. The van der Waals surface area contributed by atoms with E-state index in [1.54, 1.807) is 6.07 Å². The molecule has 5 nitrogen and oxygen atoms in total. The van der Waals surface area contributed by atoms with Gasteiger partial charge in [0.1, 0.15) is 0 Å². The highest BCUT2D eigenvalue weighted by molar-refractivity contribution is 5.51. The summed E-state index contributed by atoms with van der Waals surface area (Å²) in [6.45, 7) is 6.28. The zero-order valence-corrected chi connectivity index (χ0v) is 10.9. The average molecular weight is 252 g/mol. The Labute approximate surface area is 107 Å². The summed E-state index contributed by atoms with van der Waals surface area (Å²) in [5.74, 6) is 0.387. The maximum Gasteiger partial charge on any atom is 0.311 e. The molecule has 1 aromatic carbocycles. The van der Waals surface area contributed by atoms with E-state index in [1.165, 1.54) is 6.07 Å². The van der Waals surface area contributed by atoms with Gasteiger partial charge < -0.3 is 10.1 Å². The van der Waals surface area contributed by atoms with Crippen LogP contribution in [0.25, 0.3) is 0 Å². The van der Waals surface area contributed by atoms with Gasteiger partial charge in [-0.3, -0.25) is 10.1 Å². The Bertz CT molecular complexity index is 394. The molecule has 1 rings (SSSR count). The number of nitrogens with one attached hydrogen (secondary N) is 1. The lowest BCUT2D eigenvalue weighted by Crippen LogP contribution is -2.18. The summed E-state index contributed by atoms with van der Waals surface area (Å²) >= 11 is 0. The molecule has 0 heterocycles. The van der Waals surface area contributed by atoms with Crippen molar-refractivity contribution in [2.24, 2.45) is 0 Å². The molecule has 0 fully saturated rings. The van der Waals surface area contributed by atoms with Crippen molar-refractivity contribution in [3.63, 3.8) is 0 Å². The number of aryl methyl sites for hydroxylation is 1. The van der Waals surface area contributed by atoms with Gasteiger partial charge in [-0.15, -0.1) is 0 Å². The lowest BCUT2D eigenvalue weighted by molar-refractivity contribution is -0.385. The van der Waals surface area contributed by atoms with Crippen LogP contribution in [0, 0.1) is 17.0 Å². The van der Waals surface area contributed by atoms with Crippen molar-refractivity contribution in [3.8, 4) is 5.75 Å². The maximum atomic E-state index is 10.9. The number of hydrogen-bond donors (Lipinski definition) is 1. The van der Waals surface area contributed by atoms with Gasteiger partial charge in [-0.1, -0.05) is 19.1 Å². The van der Waals surface area contributed by atoms with Crippen LogP contribution in [0.5, 0.6) is 5.75 Å². The minimum Gasteiger partial charge on any atom is -0.487 e. The van der Waals surface area contributed by atoms with Crippen LogP contribution in [-0.2, 0) is 0 Å². The van der Waals surface area contributed by atoms with Crippen LogP contribution in [0.15, 0.2) is 18.2 Å². The van der Waals surface area contributed by atoms with Gasteiger partial charge in [0.2, 0.25) is 0 Å². The van der Waals surface area contributed by atoms with Crippen LogP contribution in [-0.4, -0.2) is 24.6 Å². The fourth-order valence-corrected chi connectivity index (χ4v) is 1.64. The highest BCUT2D eigenvalue weighted by Gasteiger charge is 2.16. The first-order valence-corrected chi connectivity index (χ1v) is 6.24. The molecule has 1 N–H and O–H groups in total. The first-order valence-electron chi connectivity index (χ1n) is 6.24. The molecule has 0 spiro atoms. The Kier molecular flexibility index (Phi) is 6.14. The third-order valence-corrected chi connectivity index (χ3v) is 2.56. The molecule has 0 aromatic heterocycles. The van der Waals surface area contributed by atoms with Crippen LogP contribution in [0.2, 0.25) is 0 Å². The Morgan fingerprint density at radius 1 is 1.39 bits per heavy atom. The second-order valence-corrected chi connectivity index (χ2v) is 4.13. The Balaban J connectivity index is 2.48. The van der Waals surface area contributed by atoms with Gasteiger partial charge in [0.15, 0.2) is 5.75 Å². The largest absolute Gasteiger partial charge is 0.487 e. The van der Waals surface area contributed by atoms with Gasteiger partial charge in [-0.25, -0.2) is 0 Å². The van der Waals surface area contributed by atoms with E-state index in [4.69, 9.17) is 4.74 Å². The van der Waals surface area contributed by atoms with Gasteiger partial charge in [-0.05, 0) is 38.4 Å². The SMILES string of the molecule is CCCNCCCOc1c(C)cccc1[N+](=O)[O-]. The molecule has 0 aliphatic heterocycles. The van der Waals surface area contributed by atoms with E-state index in [-0.39, 0.29) is 5.69 Å². The smallest absolute Gasteiger partial charge is 0.311 e. The fourth-order valence-electron chi connectivity index (χ4n) is 1.64. The first-order chi connectivity index (χ1) is 8.66. The Morgan fingerprint density at radius 2 is 2.17 bits per heavy atom. The van der Waals surface area contributed by atoms with Gasteiger partial charge in [0.25, 0.3) is 0 Å². The second-order valence-electron chi connectivity index (χ2n) is 4.13. The van der Waals surface area contributed by atoms with Crippen LogP contribution in [0.1, 0.15) is 25.3 Å². The molecule has 0 saturated heterocycles.